The lowest BCUT2D eigenvalue weighted by Crippen LogP contribution is -2.60. The summed E-state index contributed by atoms with van der Waals surface area (Å²) >= 11 is 0. The maximum atomic E-state index is 13.8. The molecule has 0 spiro atoms. The number of benzene rings is 1. The van der Waals surface area contributed by atoms with Crippen LogP contribution in [0, 0.1) is 11.6 Å². The molecule has 0 fully saturated rings. The van der Waals surface area contributed by atoms with Crippen LogP contribution in [-0.2, 0) is 20.9 Å². The third-order valence-corrected chi connectivity index (χ3v) is 4.57. The molecule has 0 bridgehead atoms. The molecule has 13 heteroatoms. The van der Waals surface area contributed by atoms with Gasteiger partial charge < -0.3 is 42.2 Å². The monoisotopic (exact) mass is 457 g/mol. The Kier molecular flexibility index (Phi) is 8.46. The Hall–Kier alpha value is -3.29. The number of guanidine groups is 1. The summed E-state index contributed by atoms with van der Waals surface area (Å²) in [5, 5.41) is 34.3. The van der Waals surface area contributed by atoms with E-state index in [1.165, 1.54) is 13.0 Å². The van der Waals surface area contributed by atoms with Gasteiger partial charge in [-0.2, -0.15) is 0 Å². The minimum Gasteiger partial charge on any atom is -0.480 e. The van der Waals surface area contributed by atoms with E-state index in [9.17, 15) is 28.6 Å². The predicted octanol–water partition coefficient (Wildman–Crippen LogP) is -2.28. The maximum Gasteiger partial charge on any atom is 0.286 e. The molecular formula is C19H25F2N5O6. The van der Waals surface area contributed by atoms with Crippen LogP contribution in [0.15, 0.2) is 35.0 Å². The Bertz CT molecular complexity index is 908. The van der Waals surface area contributed by atoms with Crippen molar-refractivity contribution < 1.29 is 38.4 Å². The summed E-state index contributed by atoms with van der Waals surface area (Å²) < 4.78 is 32.4. The molecule has 1 aromatic carbocycles. The molecule has 1 aliphatic heterocycles. The summed E-state index contributed by atoms with van der Waals surface area (Å²) in [6.07, 6.45) is -3.69. The van der Waals surface area contributed by atoms with Gasteiger partial charge in [-0.3, -0.25) is 9.59 Å². The number of carbonyl (C=O) groups excluding carboxylic acids is 2. The number of rotatable bonds is 8. The second-order valence-electron chi connectivity index (χ2n) is 7.04. The van der Waals surface area contributed by atoms with Gasteiger partial charge in [-0.1, -0.05) is 6.07 Å². The van der Waals surface area contributed by atoms with Crippen LogP contribution in [-0.4, -0.2) is 70.1 Å². The highest BCUT2D eigenvalue weighted by Gasteiger charge is 2.43. The molecular weight excluding hydrogens is 432 g/mol. The fraction of sp³-hybridized carbons (Fsp3) is 0.421. The highest BCUT2D eigenvalue weighted by atomic mass is 19.1. The third-order valence-electron chi connectivity index (χ3n) is 4.57. The van der Waals surface area contributed by atoms with Crippen molar-refractivity contribution in [3.05, 3.63) is 47.2 Å². The Balaban J connectivity index is 2.32. The summed E-state index contributed by atoms with van der Waals surface area (Å²) in [6, 6.07) is 0.632. The Morgan fingerprint density at radius 1 is 1.28 bits per heavy atom. The SMILES string of the molecule is CC(=O)N[C@H]1[C@H]([C@H](O)[C@H](O)CO)OC(C(=O)NCc2ccc(F)cc2F)=C[C@@H]1N=C(N)N. The molecule has 0 radical (unpaired) electrons. The first-order valence-electron chi connectivity index (χ1n) is 9.47. The number of carbonyl (C=O) groups is 2. The predicted molar refractivity (Wildman–Crippen MR) is 107 cm³/mol. The van der Waals surface area contributed by atoms with E-state index in [1.807, 2.05) is 0 Å². The number of hydrogen-bond donors (Lipinski definition) is 7. The number of hydrogen-bond acceptors (Lipinski definition) is 7. The maximum absolute atomic E-state index is 13.8. The molecule has 0 saturated carbocycles. The Morgan fingerprint density at radius 3 is 2.53 bits per heavy atom. The van der Waals surface area contributed by atoms with Gasteiger partial charge in [0.2, 0.25) is 5.91 Å². The lowest BCUT2D eigenvalue weighted by atomic mass is 9.92. The van der Waals surface area contributed by atoms with Crippen molar-refractivity contribution in [2.24, 2.45) is 16.5 Å². The minimum absolute atomic E-state index is 0.000318. The van der Waals surface area contributed by atoms with Gasteiger partial charge in [-0.05, 0) is 12.1 Å². The molecule has 176 valence electrons. The van der Waals surface area contributed by atoms with E-state index >= 15 is 0 Å². The number of aliphatic imine (C=N–C) groups is 1. The molecule has 0 aliphatic carbocycles. The van der Waals surface area contributed by atoms with Gasteiger partial charge in [0, 0.05) is 25.1 Å². The first-order valence-corrected chi connectivity index (χ1v) is 9.47. The van der Waals surface area contributed by atoms with Gasteiger partial charge >= 0.3 is 0 Å². The molecule has 1 aliphatic rings. The fourth-order valence-corrected chi connectivity index (χ4v) is 3.07. The van der Waals surface area contributed by atoms with Crippen molar-refractivity contribution in [1.82, 2.24) is 10.6 Å². The van der Waals surface area contributed by atoms with Crippen LogP contribution >= 0.6 is 0 Å². The van der Waals surface area contributed by atoms with Crippen LogP contribution in [0.2, 0.25) is 0 Å². The molecule has 2 amide bonds. The minimum atomic E-state index is -1.75. The number of amides is 2. The van der Waals surface area contributed by atoms with E-state index in [-0.39, 0.29) is 12.1 Å². The summed E-state index contributed by atoms with van der Waals surface area (Å²) in [6.45, 7) is 0.0256. The van der Waals surface area contributed by atoms with E-state index in [4.69, 9.17) is 21.3 Å². The number of nitrogens with two attached hydrogens (primary N) is 2. The Morgan fingerprint density at radius 2 is 1.97 bits per heavy atom. The van der Waals surface area contributed by atoms with Crippen molar-refractivity contribution in [2.45, 2.75) is 43.9 Å². The molecule has 5 atom stereocenters. The van der Waals surface area contributed by atoms with Crippen LogP contribution in [0.3, 0.4) is 0 Å². The van der Waals surface area contributed by atoms with E-state index in [0.29, 0.717) is 6.07 Å². The van der Waals surface area contributed by atoms with E-state index in [2.05, 4.69) is 15.6 Å². The van der Waals surface area contributed by atoms with Crippen molar-refractivity contribution in [3.8, 4) is 0 Å². The molecule has 11 nitrogen and oxygen atoms in total. The van der Waals surface area contributed by atoms with Gasteiger partial charge in [0.05, 0.1) is 18.7 Å². The summed E-state index contributed by atoms with van der Waals surface area (Å²) in [4.78, 5) is 28.2. The van der Waals surface area contributed by atoms with Crippen LogP contribution < -0.4 is 22.1 Å². The lowest BCUT2D eigenvalue weighted by molar-refractivity contribution is -0.134. The average molecular weight is 457 g/mol. The largest absolute Gasteiger partial charge is 0.480 e. The molecule has 0 aromatic heterocycles. The topological polar surface area (TPSA) is 193 Å². The van der Waals surface area contributed by atoms with Crippen molar-refractivity contribution in [1.29, 1.82) is 0 Å². The zero-order chi connectivity index (χ0) is 24.0. The van der Waals surface area contributed by atoms with Gasteiger partial charge in [0.1, 0.15) is 29.9 Å². The second-order valence-corrected chi connectivity index (χ2v) is 7.04. The normalized spacial score (nSPS) is 22.1. The third kappa shape index (κ3) is 6.35. The van der Waals surface area contributed by atoms with Crippen LogP contribution in [0.25, 0.3) is 0 Å². The van der Waals surface area contributed by atoms with Crippen LogP contribution in [0.1, 0.15) is 12.5 Å². The summed E-state index contributed by atoms with van der Waals surface area (Å²) in [5.41, 5.74) is 10.9. The average Bonchev–Trinajstić information content (AvgIpc) is 2.72. The van der Waals surface area contributed by atoms with Crippen molar-refractivity contribution >= 4 is 17.8 Å². The van der Waals surface area contributed by atoms with Gasteiger partial charge in [-0.15, -0.1) is 0 Å². The summed E-state index contributed by atoms with van der Waals surface area (Å²) in [5.74, 6) is -3.84. The molecule has 1 aromatic rings. The standard InChI is InChI=1S/C19H25F2N5O6/c1-8(28)25-15-12(26-19(22)23)5-14(32-17(15)16(30)13(29)7-27)18(31)24-6-9-2-3-10(20)4-11(9)21/h2-5,12-13,15-17,27,29-30H,6-7H2,1H3,(H,24,31)(H,25,28)(H4,22,23,26)/t12-,13+,15+,16+,17+/m0/s1. The van der Waals surface area contributed by atoms with Crippen LogP contribution in [0.4, 0.5) is 8.78 Å². The fourth-order valence-electron chi connectivity index (χ4n) is 3.07. The van der Waals surface area contributed by atoms with Gasteiger partial charge in [0.25, 0.3) is 5.91 Å². The number of halogens is 2. The molecule has 9 N–H and O–H groups in total. The zero-order valence-corrected chi connectivity index (χ0v) is 17.0. The quantitative estimate of drug-likeness (QED) is 0.168. The smallest absolute Gasteiger partial charge is 0.286 e. The number of ether oxygens (including phenoxy) is 1. The van der Waals surface area contributed by atoms with E-state index in [0.717, 1.165) is 12.1 Å². The highest BCUT2D eigenvalue weighted by molar-refractivity contribution is 5.92. The summed E-state index contributed by atoms with van der Waals surface area (Å²) in [7, 11) is 0. The van der Waals surface area contributed by atoms with E-state index in [1.54, 1.807) is 0 Å². The molecule has 0 saturated heterocycles. The molecule has 32 heavy (non-hydrogen) atoms. The van der Waals surface area contributed by atoms with Crippen molar-refractivity contribution in [3.63, 3.8) is 0 Å². The Labute approximate surface area is 181 Å². The zero-order valence-electron chi connectivity index (χ0n) is 17.0. The van der Waals surface area contributed by atoms with Gasteiger partial charge in [0.15, 0.2) is 11.7 Å². The second kappa shape index (κ2) is 10.8. The number of aliphatic hydroxyl groups is 3. The first kappa shape index (κ1) is 25.0. The highest BCUT2D eigenvalue weighted by Crippen LogP contribution is 2.25. The number of aliphatic hydroxyl groups excluding tert-OH is 3. The molecule has 1 heterocycles. The number of nitrogens with one attached hydrogen (secondary N) is 2. The molecule has 2 rings (SSSR count). The molecule has 0 unspecified atom stereocenters. The first-order chi connectivity index (χ1) is 15.0. The van der Waals surface area contributed by atoms with Gasteiger partial charge in [-0.25, -0.2) is 13.8 Å². The van der Waals surface area contributed by atoms with E-state index < -0.39 is 72.2 Å². The van der Waals surface area contributed by atoms with Crippen LogP contribution in [0.5, 0.6) is 0 Å². The number of nitrogens with zero attached hydrogens (tertiary/aromatic N) is 1. The van der Waals surface area contributed by atoms with Crippen molar-refractivity contribution in [2.75, 3.05) is 6.61 Å². The lowest BCUT2D eigenvalue weighted by Gasteiger charge is -2.39.